The molecule has 1 N–H and O–H groups in total. The summed E-state index contributed by atoms with van der Waals surface area (Å²) in [6, 6.07) is 0.312. The van der Waals surface area contributed by atoms with Crippen molar-refractivity contribution in [3.63, 3.8) is 0 Å². The summed E-state index contributed by atoms with van der Waals surface area (Å²) >= 11 is 0. The Kier molecular flexibility index (Phi) is 3.90. The molecular formula is C11H20N4O. The molecule has 2 heterocycles. The fourth-order valence-corrected chi connectivity index (χ4v) is 1.99. The van der Waals surface area contributed by atoms with E-state index < -0.39 is 0 Å². The molecule has 1 aliphatic rings. The third-order valence-corrected chi connectivity index (χ3v) is 2.85. The van der Waals surface area contributed by atoms with Crippen molar-refractivity contribution in [3.05, 3.63) is 11.6 Å². The third-order valence-electron chi connectivity index (χ3n) is 2.85. The predicted molar refractivity (Wildman–Crippen MR) is 61.3 cm³/mol. The number of hydrogen-bond donors (Lipinski definition) is 1. The maximum atomic E-state index is 5.48. The van der Waals surface area contributed by atoms with Crippen LogP contribution in [0.25, 0.3) is 0 Å². The molecule has 0 bridgehead atoms. The van der Waals surface area contributed by atoms with E-state index in [-0.39, 0.29) is 0 Å². The van der Waals surface area contributed by atoms with Crippen molar-refractivity contribution >= 4 is 0 Å². The molecule has 1 atom stereocenters. The molecule has 1 aromatic heterocycles. The van der Waals surface area contributed by atoms with Crippen molar-refractivity contribution in [2.24, 2.45) is 0 Å². The van der Waals surface area contributed by atoms with Gasteiger partial charge in [-0.05, 0) is 13.3 Å². The topological polar surface area (TPSA) is 52.0 Å². The Balaban J connectivity index is 1.95. The van der Waals surface area contributed by atoms with Gasteiger partial charge in [0.05, 0.1) is 12.6 Å². The van der Waals surface area contributed by atoms with E-state index in [4.69, 9.17) is 4.74 Å². The van der Waals surface area contributed by atoms with Crippen molar-refractivity contribution < 1.29 is 4.74 Å². The van der Waals surface area contributed by atoms with Gasteiger partial charge in [0, 0.05) is 26.1 Å². The predicted octanol–water partition coefficient (Wildman–Crippen LogP) is 0.911. The smallest absolute Gasteiger partial charge is 0.149 e. The molecule has 0 saturated carbocycles. The van der Waals surface area contributed by atoms with Gasteiger partial charge in [-0.3, -0.25) is 0 Å². The van der Waals surface area contributed by atoms with E-state index in [2.05, 4.69) is 33.9 Å². The van der Waals surface area contributed by atoms with Crippen LogP contribution in [0.5, 0.6) is 0 Å². The summed E-state index contributed by atoms with van der Waals surface area (Å²) in [7, 11) is 0. The largest absolute Gasteiger partial charge is 0.381 e. The summed E-state index contributed by atoms with van der Waals surface area (Å²) in [4.78, 5) is 0. The van der Waals surface area contributed by atoms with Gasteiger partial charge < -0.3 is 14.6 Å². The van der Waals surface area contributed by atoms with Crippen LogP contribution in [-0.2, 0) is 17.7 Å². The normalized spacial score (nSPS) is 19.8. The van der Waals surface area contributed by atoms with Crippen molar-refractivity contribution in [2.45, 2.75) is 39.3 Å². The van der Waals surface area contributed by atoms with Gasteiger partial charge in [-0.25, -0.2) is 0 Å². The first-order valence-electron chi connectivity index (χ1n) is 6.06. The van der Waals surface area contributed by atoms with Crippen LogP contribution in [0, 0.1) is 0 Å². The van der Waals surface area contributed by atoms with Gasteiger partial charge in [-0.15, -0.1) is 10.2 Å². The van der Waals surface area contributed by atoms with Crippen LogP contribution in [0.3, 0.4) is 0 Å². The van der Waals surface area contributed by atoms with Crippen LogP contribution in [0.2, 0.25) is 0 Å². The summed E-state index contributed by atoms with van der Waals surface area (Å²) in [6.07, 6.45) is 1.93. The maximum Gasteiger partial charge on any atom is 0.149 e. The number of ether oxygens (including phenoxy) is 1. The molecule has 0 radical (unpaired) electrons. The highest BCUT2D eigenvalue weighted by Crippen LogP contribution is 2.15. The molecule has 0 fully saturated rings. The number of nitrogens with one attached hydrogen (secondary N) is 1. The molecular weight excluding hydrogens is 204 g/mol. The lowest BCUT2D eigenvalue weighted by Crippen LogP contribution is -2.32. The van der Waals surface area contributed by atoms with Crippen LogP contribution in [0.15, 0.2) is 0 Å². The Morgan fingerprint density at radius 3 is 3.12 bits per heavy atom. The van der Waals surface area contributed by atoms with Gasteiger partial charge in [0.2, 0.25) is 0 Å². The van der Waals surface area contributed by atoms with Crippen molar-refractivity contribution in [2.75, 3.05) is 19.8 Å². The van der Waals surface area contributed by atoms with Gasteiger partial charge in [0.15, 0.2) is 0 Å². The molecule has 0 spiro atoms. The molecule has 0 aliphatic carbocycles. The molecule has 2 rings (SSSR count). The molecule has 1 unspecified atom stereocenters. The van der Waals surface area contributed by atoms with Crippen molar-refractivity contribution in [3.8, 4) is 0 Å². The SMILES string of the molecule is CCCOCCc1nnc2n1CCNC2C. The number of nitrogens with zero attached hydrogens (tertiary/aromatic N) is 3. The lowest BCUT2D eigenvalue weighted by molar-refractivity contribution is 0.136. The van der Waals surface area contributed by atoms with E-state index in [1.54, 1.807) is 0 Å². The second kappa shape index (κ2) is 5.41. The summed E-state index contributed by atoms with van der Waals surface area (Å²) in [5.41, 5.74) is 0. The molecule has 90 valence electrons. The first-order chi connectivity index (χ1) is 7.83. The Hall–Kier alpha value is -0.940. The molecule has 0 saturated heterocycles. The Morgan fingerprint density at radius 2 is 2.31 bits per heavy atom. The van der Waals surface area contributed by atoms with Crippen LogP contribution >= 0.6 is 0 Å². The zero-order chi connectivity index (χ0) is 11.4. The van der Waals surface area contributed by atoms with Gasteiger partial charge >= 0.3 is 0 Å². The minimum Gasteiger partial charge on any atom is -0.381 e. The quantitative estimate of drug-likeness (QED) is 0.755. The number of aromatic nitrogens is 3. The summed E-state index contributed by atoms with van der Waals surface area (Å²) in [6.45, 7) is 7.78. The van der Waals surface area contributed by atoms with E-state index in [1.807, 2.05) is 0 Å². The molecule has 1 aromatic rings. The second-order valence-electron chi connectivity index (χ2n) is 4.16. The third kappa shape index (κ3) is 2.41. The lowest BCUT2D eigenvalue weighted by Gasteiger charge is -2.21. The standard InChI is InChI=1S/C11H20N4O/c1-3-7-16-8-4-10-13-14-11-9(2)12-5-6-15(10)11/h9,12H,3-8H2,1-2H3. The van der Waals surface area contributed by atoms with Crippen LogP contribution in [0.4, 0.5) is 0 Å². The van der Waals surface area contributed by atoms with Crippen molar-refractivity contribution in [1.82, 2.24) is 20.1 Å². The van der Waals surface area contributed by atoms with E-state index in [0.29, 0.717) is 6.04 Å². The fraction of sp³-hybridized carbons (Fsp3) is 0.818. The minimum absolute atomic E-state index is 0.312. The highest BCUT2D eigenvalue weighted by Gasteiger charge is 2.20. The zero-order valence-electron chi connectivity index (χ0n) is 10.1. The van der Waals surface area contributed by atoms with Gasteiger partial charge in [-0.1, -0.05) is 6.92 Å². The maximum absolute atomic E-state index is 5.48. The minimum atomic E-state index is 0.312. The summed E-state index contributed by atoms with van der Waals surface area (Å²) in [5, 5.41) is 11.8. The average molecular weight is 224 g/mol. The zero-order valence-corrected chi connectivity index (χ0v) is 10.1. The molecule has 1 aliphatic heterocycles. The molecule has 16 heavy (non-hydrogen) atoms. The Morgan fingerprint density at radius 1 is 1.44 bits per heavy atom. The second-order valence-corrected chi connectivity index (χ2v) is 4.16. The van der Waals surface area contributed by atoms with Crippen LogP contribution in [0.1, 0.15) is 38.0 Å². The monoisotopic (exact) mass is 224 g/mol. The molecule has 0 amide bonds. The highest BCUT2D eigenvalue weighted by molar-refractivity contribution is 5.03. The Bertz CT molecular complexity index is 337. The fourth-order valence-electron chi connectivity index (χ4n) is 1.99. The highest BCUT2D eigenvalue weighted by atomic mass is 16.5. The van der Waals surface area contributed by atoms with E-state index in [0.717, 1.165) is 50.8 Å². The van der Waals surface area contributed by atoms with Crippen LogP contribution < -0.4 is 5.32 Å². The van der Waals surface area contributed by atoms with Gasteiger partial charge in [0.25, 0.3) is 0 Å². The van der Waals surface area contributed by atoms with E-state index in [9.17, 15) is 0 Å². The summed E-state index contributed by atoms with van der Waals surface area (Å²) < 4.78 is 7.70. The Labute approximate surface area is 96.2 Å². The number of rotatable bonds is 5. The average Bonchev–Trinajstić information content (AvgIpc) is 2.70. The van der Waals surface area contributed by atoms with Gasteiger partial charge in [-0.2, -0.15) is 0 Å². The lowest BCUT2D eigenvalue weighted by atomic mass is 10.2. The van der Waals surface area contributed by atoms with Gasteiger partial charge in [0.1, 0.15) is 11.6 Å². The van der Waals surface area contributed by atoms with E-state index >= 15 is 0 Å². The first kappa shape index (κ1) is 11.5. The molecule has 0 aromatic carbocycles. The summed E-state index contributed by atoms with van der Waals surface area (Å²) in [5.74, 6) is 2.11. The van der Waals surface area contributed by atoms with Crippen LogP contribution in [-0.4, -0.2) is 34.5 Å². The van der Waals surface area contributed by atoms with E-state index in [1.165, 1.54) is 0 Å². The first-order valence-corrected chi connectivity index (χ1v) is 6.06. The molecule has 5 heteroatoms. The van der Waals surface area contributed by atoms with Crippen molar-refractivity contribution in [1.29, 1.82) is 0 Å². The molecule has 5 nitrogen and oxygen atoms in total. The number of fused-ring (bicyclic) bond motifs is 1. The number of hydrogen-bond acceptors (Lipinski definition) is 4.